The van der Waals surface area contributed by atoms with Gasteiger partial charge < -0.3 is 15.4 Å². The van der Waals surface area contributed by atoms with Crippen LogP contribution in [0.3, 0.4) is 0 Å². The molecule has 5 nitrogen and oxygen atoms in total. The Bertz CT molecular complexity index is 461. The zero-order valence-electron chi connectivity index (χ0n) is 13.2. The molecule has 2 heterocycles. The van der Waals surface area contributed by atoms with Crippen LogP contribution >= 0.6 is 0 Å². The molecule has 112 valence electrons. The molecule has 2 N–H and O–H groups in total. The maximum absolute atomic E-state index is 5.79. The summed E-state index contributed by atoms with van der Waals surface area (Å²) in [5.41, 5.74) is -0.149. The molecule has 1 atom stereocenters. The molecule has 1 aromatic rings. The maximum atomic E-state index is 5.79. The molecule has 5 heteroatoms. The number of hydrogen-bond donors (Lipinski definition) is 2. The van der Waals surface area contributed by atoms with Gasteiger partial charge in [-0.2, -0.15) is 0 Å². The number of rotatable bonds is 4. The molecule has 1 unspecified atom stereocenters. The average molecular weight is 278 g/mol. The molecule has 1 aliphatic rings. The zero-order chi connectivity index (χ0) is 14.8. The smallest absolute Gasteiger partial charge is 0.138 e. The van der Waals surface area contributed by atoms with Crippen molar-refractivity contribution in [2.75, 3.05) is 30.8 Å². The summed E-state index contributed by atoms with van der Waals surface area (Å²) in [6.07, 6.45) is 2.23. The molecular weight excluding hydrogens is 252 g/mol. The third-order valence-corrected chi connectivity index (χ3v) is 3.60. The van der Waals surface area contributed by atoms with E-state index in [2.05, 4.69) is 48.3 Å². The number of nitrogens with zero attached hydrogens (tertiary/aromatic N) is 2. The number of nitrogens with one attached hydrogen (secondary N) is 2. The van der Waals surface area contributed by atoms with Crippen molar-refractivity contribution in [3.8, 4) is 0 Å². The van der Waals surface area contributed by atoms with Crippen LogP contribution in [0.5, 0.6) is 0 Å². The topological polar surface area (TPSA) is 59.1 Å². The lowest BCUT2D eigenvalue weighted by Crippen LogP contribution is -2.33. The molecule has 1 saturated heterocycles. The molecule has 1 fully saturated rings. The van der Waals surface area contributed by atoms with Crippen molar-refractivity contribution in [1.29, 1.82) is 0 Å². The number of hydrogen-bond acceptors (Lipinski definition) is 5. The van der Waals surface area contributed by atoms with E-state index in [4.69, 9.17) is 4.74 Å². The van der Waals surface area contributed by atoms with E-state index in [1.165, 1.54) is 0 Å². The van der Waals surface area contributed by atoms with Crippen molar-refractivity contribution >= 4 is 11.6 Å². The van der Waals surface area contributed by atoms with E-state index >= 15 is 0 Å². The average Bonchev–Trinajstić information content (AvgIpc) is 2.82. The normalized spacial score (nSPS) is 22.9. The lowest BCUT2D eigenvalue weighted by atomic mass is 9.96. The van der Waals surface area contributed by atoms with Gasteiger partial charge >= 0.3 is 0 Å². The van der Waals surface area contributed by atoms with E-state index in [0.29, 0.717) is 0 Å². The molecule has 0 aliphatic carbocycles. The Labute approximate surface area is 121 Å². The fourth-order valence-electron chi connectivity index (χ4n) is 2.26. The zero-order valence-corrected chi connectivity index (χ0v) is 13.2. The quantitative estimate of drug-likeness (QED) is 0.887. The molecule has 0 saturated carbocycles. The highest BCUT2D eigenvalue weighted by Gasteiger charge is 2.29. The van der Waals surface area contributed by atoms with Crippen LogP contribution in [-0.4, -0.2) is 35.8 Å². The van der Waals surface area contributed by atoms with Gasteiger partial charge in [-0.1, -0.05) is 20.8 Å². The predicted molar refractivity (Wildman–Crippen MR) is 82.4 cm³/mol. The van der Waals surface area contributed by atoms with Crippen LogP contribution in [0.1, 0.15) is 46.4 Å². The van der Waals surface area contributed by atoms with Crippen molar-refractivity contribution in [1.82, 2.24) is 9.97 Å². The van der Waals surface area contributed by atoms with E-state index in [0.717, 1.165) is 43.5 Å². The summed E-state index contributed by atoms with van der Waals surface area (Å²) in [6.45, 7) is 10.1. The summed E-state index contributed by atoms with van der Waals surface area (Å²) in [4.78, 5) is 9.15. The van der Waals surface area contributed by atoms with Crippen LogP contribution in [0.2, 0.25) is 0 Å². The second-order valence-corrected chi connectivity index (χ2v) is 6.72. The van der Waals surface area contributed by atoms with Crippen molar-refractivity contribution in [2.45, 2.75) is 51.6 Å². The first-order chi connectivity index (χ1) is 9.32. The highest BCUT2D eigenvalue weighted by atomic mass is 16.5. The van der Waals surface area contributed by atoms with Gasteiger partial charge in [0, 0.05) is 31.7 Å². The monoisotopic (exact) mass is 278 g/mol. The van der Waals surface area contributed by atoms with Gasteiger partial charge in [0.1, 0.15) is 17.5 Å². The first-order valence-corrected chi connectivity index (χ1v) is 7.28. The molecule has 0 aromatic carbocycles. The third-order valence-electron chi connectivity index (χ3n) is 3.60. The van der Waals surface area contributed by atoms with Gasteiger partial charge in [-0.3, -0.25) is 0 Å². The first kappa shape index (κ1) is 15.0. The SMILES string of the molecule is CNc1cc(NCC2(C)CCCO2)nc(C(C)(C)C)n1. The Kier molecular flexibility index (Phi) is 4.18. The number of ether oxygens (including phenoxy) is 1. The van der Waals surface area contributed by atoms with E-state index in [9.17, 15) is 0 Å². The van der Waals surface area contributed by atoms with Crippen LogP contribution in [0.25, 0.3) is 0 Å². The highest BCUT2D eigenvalue weighted by molar-refractivity contribution is 5.48. The summed E-state index contributed by atoms with van der Waals surface area (Å²) in [5.74, 6) is 2.53. The van der Waals surface area contributed by atoms with Gasteiger partial charge in [-0.25, -0.2) is 9.97 Å². The van der Waals surface area contributed by atoms with E-state index in [1.54, 1.807) is 0 Å². The fourth-order valence-corrected chi connectivity index (χ4v) is 2.26. The molecule has 0 spiro atoms. The summed E-state index contributed by atoms with van der Waals surface area (Å²) in [5, 5.41) is 6.49. The molecular formula is C15H26N4O. The van der Waals surface area contributed by atoms with Crippen LogP contribution in [0, 0.1) is 0 Å². The van der Waals surface area contributed by atoms with E-state index in [1.807, 2.05) is 13.1 Å². The molecule has 1 aromatic heterocycles. The number of anilines is 2. The summed E-state index contributed by atoms with van der Waals surface area (Å²) < 4.78 is 5.79. The second kappa shape index (κ2) is 5.56. The van der Waals surface area contributed by atoms with E-state index in [-0.39, 0.29) is 11.0 Å². The van der Waals surface area contributed by atoms with Gasteiger partial charge in [-0.05, 0) is 19.8 Å². The highest BCUT2D eigenvalue weighted by Crippen LogP contribution is 2.26. The van der Waals surface area contributed by atoms with Crippen molar-refractivity contribution in [3.63, 3.8) is 0 Å². The van der Waals surface area contributed by atoms with E-state index < -0.39 is 0 Å². The summed E-state index contributed by atoms with van der Waals surface area (Å²) in [7, 11) is 1.87. The van der Waals surface area contributed by atoms with Crippen molar-refractivity contribution in [2.24, 2.45) is 0 Å². The van der Waals surface area contributed by atoms with Crippen LogP contribution in [0.4, 0.5) is 11.6 Å². The van der Waals surface area contributed by atoms with Crippen LogP contribution in [-0.2, 0) is 10.2 Å². The lowest BCUT2D eigenvalue weighted by molar-refractivity contribution is 0.0314. The molecule has 0 bridgehead atoms. The second-order valence-electron chi connectivity index (χ2n) is 6.72. The Morgan fingerprint density at radius 3 is 2.55 bits per heavy atom. The Morgan fingerprint density at radius 2 is 2.00 bits per heavy atom. The maximum Gasteiger partial charge on any atom is 0.138 e. The molecule has 0 amide bonds. The molecule has 2 rings (SSSR count). The van der Waals surface area contributed by atoms with Gasteiger partial charge in [0.25, 0.3) is 0 Å². The largest absolute Gasteiger partial charge is 0.373 e. The standard InChI is InChI=1S/C15H26N4O/c1-14(2,3)13-18-11(16-5)9-12(19-13)17-10-15(4)7-6-8-20-15/h9H,6-8,10H2,1-5H3,(H2,16,17,18,19). The minimum Gasteiger partial charge on any atom is -0.373 e. The molecule has 0 radical (unpaired) electrons. The first-order valence-electron chi connectivity index (χ1n) is 7.28. The van der Waals surface area contributed by atoms with Crippen LogP contribution < -0.4 is 10.6 Å². The number of aromatic nitrogens is 2. The molecule has 20 heavy (non-hydrogen) atoms. The third kappa shape index (κ3) is 3.60. The molecule has 1 aliphatic heterocycles. The van der Waals surface area contributed by atoms with Gasteiger partial charge in [0.05, 0.1) is 5.60 Å². The Morgan fingerprint density at radius 1 is 1.30 bits per heavy atom. The predicted octanol–water partition coefficient (Wildman–Crippen LogP) is 2.80. The summed E-state index contributed by atoms with van der Waals surface area (Å²) >= 11 is 0. The van der Waals surface area contributed by atoms with Gasteiger partial charge in [0.2, 0.25) is 0 Å². The Hall–Kier alpha value is -1.36. The van der Waals surface area contributed by atoms with Crippen molar-refractivity contribution in [3.05, 3.63) is 11.9 Å². The van der Waals surface area contributed by atoms with Crippen molar-refractivity contribution < 1.29 is 4.74 Å². The van der Waals surface area contributed by atoms with Gasteiger partial charge in [0.15, 0.2) is 0 Å². The fraction of sp³-hybridized carbons (Fsp3) is 0.733. The van der Waals surface area contributed by atoms with Crippen LogP contribution in [0.15, 0.2) is 6.07 Å². The minimum absolute atomic E-state index is 0.0724. The summed E-state index contributed by atoms with van der Waals surface area (Å²) in [6, 6.07) is 1.94. The minimum atomic E-state index is -0.0767. The lowest BCUT2D eigenvalue weighted by Gasteiger charge is -2.24. The van der Waals surface area contributed by atoms with Gasteiger partial charge in [-0.15, -0.1) is 0 Å². The Balaban J connectivity index is 2.14.